The van der Waals surface area contributed by atoms with Crippen LogP contribution in [0.3, 0.4) is 0 Å². The zero-order valence-electron chi connectivity index (χ0n) is 13.6. The van der Waals surface area contributed by atoms with Crippen molar-refractivity contribution in [3.8, 4) is 0 Å². The largest absolute Gasteiger partial charge is 0.373 e. The second kappa shape index (κ2) is 6.67. The lowest BCUT2D eigenvalue weighted by Crippen LogP contribution is -2.44. The molecule has 1 atom stereocenters. The molecule has 2 aliphatic rings. The summed E-state index contributed by atoms with van der Waals surface area (Å²) in [6, 6.07) is 12.0. The average molecular weight is 342 g/mol. The quantitative estimate of drug-likeness (QED) is 0.930. The predicted molar refractivity (Wildman–Crippen MR) is 96.8 cm³/mol. The van der Waals surface area contributed by atoms with Crippen LogP contribution in [-0.2, 0) is 4.74 Å². The van der Waals surface area contributed by atoms with Crippen LogP contribution < -0.4 is 10.2 Å². The van der Waals surface area contributed by atoms with Gasteiger partial charge in [0.15, 0.2) is 0 Å². The summed E-state index contributed by atoms with van der Waals surface area (Å²) in [6.45, 7) is 2.61. The summed E-state index contributed by atoms with van der Waals surface area (Å²) in [7, 11) is 0. The predicted octanol–water partition coefficient (Wildman–Crippen LogP) is 3.31. The number of piperidine rings is 1. The lowest BCUT2D eigenvalue weighted by Gasteiger charge is -2.34. The van der Waals surface area contributed by atoms with Crippen molar-refractivity contribution in [1.29, 1.82) is 0 Å². The van der Waals surface area contributed by atoms with Gasteiger partial charge in [0.05, 0.1) is 23.8 Å². The molecule has 2 aromatic rings. The molecule has 0 unspecified atom stereocenters. The van der Waals surface area contributed by atoms with Crippen LogP contribution in [-0.4, -0.2) is 37.2 Å². The first-order valence-electron chi connectivity index (χ1n) is 8.53. The van der Waals surface area contributed by atoms with Crippen LogP contribution in [0.15, 0.2) is 47.2 Å². The Morgan fingerprint density at radius 1 is 1.21 bits per heavy atom. The maximum atomic E-state index is 13.1. The van der Waals surface area contributed by atoms with Gasteiger partial charge >= 0.3 is 0 Å². The number of ether oxygens (including phenoxy) is 1. The van der Waals surface area contributed by atoms with Gasteiger partial charge in [-0.1, -0.05) is 18.2 Å². The summed E-state index contributed by atoms with van der Waals surface area (Å²) < 4.78 is 6.23. The maximum Gasteiger partial charge on any atom is 0.259 e. The Bertz CT molecular complexity index is 681. The number of thiophene rings is 1. The van der Waals surface area contributed by atoms with Crippen LogP contribution in [0.4, 0.5) is 5.69 Å². The zero-order chi connectivity index (χ0) is 16.4. The van der Waals surface area contributed by atoms with Crippen LogP contribution >= 0.6 is 11.3 Å². The highest BCUT2D eigenvalue weighted by Crippen LogP contribution is 2.38. The van der Waals surface area contributed by atoms with Crippen molar-refractivity contribution in [2.24, 2.45) is 0 Å². The van der Waals surface area contributed by atoms with E-state index in [1.165, 1.54) is 0 Å². The second-order valence-electron chi connectivity index (χ2n) is 6.62. The SMILES string of the molecule is O=C(c1ccsc1)N(c1ccccc1)[C@@H]1COC2(CCNCC2)C1. The number of carbonyl (C=O) groups excluding carboxylic acids is 1. The Kier molecular flexibility index (Phi) is 4.39. The molecule has 4 rings (SSSR count). The average Bonchev–Trinajstić information content (AvgIpc) is 3.28. The summed E-state index contributed by atoms with van der Waals surface area (Å²) in [6.07, 6.45) is 2.97. The van der Waals surface area contributed by atoms with E-state index in [9.17, 15) is 4.79 Å². The Balaban J connectivity index is 1.62. The number of benzene rings is 1. The van der Waals surface area contributed by atoms with Gasteiger partial charge in [-0.2, -0.15) is 11.3 Å². The lowest BCUT2D eigenvalue weighted by molar-refractivity contribution is -0.0193. The van der Waals surface area contributed by atoms with Crippen LogP contribution in [0.5, 0.6) is 0 Å². The molecule has 1 aromatic carbocycles. The molecular formula is C19H22N2O2S. The molecule has 1 N–H and O–H groups in total. The zero-order valence-corrected chi connectivity index (χ0v) is 14.4. The highest BCUT2D eigenvalue weighted by Gasteiger charge is 2.44. The van der Waals surface area contributed by atoms with Crippen LogP contribution in [0, 0.1) is 0 Å². The smallest absolute Gasteiger partial charge is 0.259 e. The van der Waals surface area contributed by atoms with Crippen LogP contribution in [0.25, 0.3) is 0 Å². The number of carbonyl (C=O) groups is 1. The van der Waals surface area contributed by atoms with Gasteiger partial charge in [-0.15, -0.1) is 0 Å². The first kappa shape index (κ1) is 15.8. The fourth-order valence-corrected chi connectivity index (χ4v) is 4.45. The molecule has 5 heteroatoms. The number of rotatable bonds is 3. The van der Waals surface area contributed by atoms with Crippen molar-refractivity contribution in [1.82, 2.24) is 5.32 Å². The second-order valence-corrected chi connectivity index (χ2v) is 7.40. The first-order chi connectivity index (χ1) is 11.8. The third-order valence-electron chi connectivity index (χ3n) is 5.09. The number of hydrogen-bond acceptors (Lipinski definition) is 4. The van der Waals surface area contributed by atoms with Crippen molar-refractivity contribution in [2.75, 3.05) is 24.6 Å². The Hall–Kier alpha value is -1.69. The standard InChI is InChI=1S/C19H22N2O2S/c22-18(15-6-11-24-14-15)21(16-4-2-1-3-5-16)17-12-19(23-13-17)7-9-20-10-8-19/h1-6,11,14,17,20H,7-10,12-13H2/t17-/m0/s1. The number of amides is 1. The molecule has 4 nitrogen and oxygen atoms in total. The van der Waals surface area contributed by atoms with Gasteiger partial charge in [0.25, 0.3) is 5.91 Å². The molecule has 2 aliphatic heterocycles. The van der Waals surface area contributed by atoms with Crippen molar-refractivity contribution in [3.63, 3.8) is 0 Å². The molecule has 126 valence electrons. The minimum atomic E-state index is -0.0577. The molecule has 2 fully saturated rings. The van der Waals surface area contributed by atoms with Gasteiger partial charge in [0, 0.05) is 11.1 Å². The normalized spacial score (nSPS) is 22.6. The van der Waals surface area contributed by atoms with E-state index in [1.54, 1.807) is 11.3 Å². The molecule has 0 aliphatic carbocycles. The lowest BCUT2D eigenvalue weighted by atomic mass is 9.87. The van der Waals surface area contributed by atoms with Crippen molar-refractivity contribution in [3.05, 3.63) is 52.7 Å². The van der Waals surface area contributed by atoms with E-state index in [0.29, 0.717) is 6.61 Å². The van der Waals surface area contributed by atoms with E-state index in [1.807, 2.05) is 52.1 Å². The van der Waals surface area contributed by atoms with E-state index in [2.05, 4.69) is 5.32 Å². The summed E-state index contributed by atoms with van der Waals surface area (Å²) in [5.41, 5.74) is 1.65. The van der Waals surface area contributed by atoms with Gasteiger partial charge in [0.2, 0.25) is 0 Å². The fraction of sp³-hybridized carbons (Fsp3) is 0.421. The summed E-state index contributed by atoms with van der Waals surface area (Å²) in [5, 5.41) is 7.28. The third-order valence-corrected chi connectivity index (χ3v) is 5.77. The number of nitrogens with zero attached hydrogens (tertiary/aromatic N) is 1. The van der Waals surface area contributed by atoms with E-state index in [4.69, 9.17) is 4.74 Å². The number of anilines is 1. The molecule has 1 aromatic heterocycles. The minimum absolute atomic E-state index is 0.0577. The molecule has 0 radical (unpaired) electrons. The fourth-order valence-electron chi connectivity index (χ4n) is 3.82. The Morgan fingerprint density at radius 2 is 2.00 bits per heavy atom. The molecule has 1 amide bonds. The highest BCUT2D eigenvalue weighted by atomic mass is 32.1. The Morgan fingerprint density at radius 3 is 2.71 bits per heavy atom. The number of para-hydroxylation sites is 1. The van der Waals surface area contributed by atoms with E-state index < -0.39 is 0 Å². The van der Waals surface area contributed by atoms with Crippen LogP contribution in [0.1, 0.15) is 29.6 Å². The van der Waals surface area contributed by atoms with E-state index >= 15 is 0 Å². The number of hydrogen-bond donors (Lipinski definition) is 1. The van der Waals surface area contributed by atoms with E-state index in [0.717, 1.165) is 43.6 Å². The van der Waals surface area contributed by atoms with E-state index in [-0.39, 0.29) is 17.6 Å². The highest BCUT2D eigenvalue weighted by molar-refractivity contribution is 7.08. The topological polar surface area (TPSA) is 41.6 Å². The monoisotopic (exact) mass is 342 g/mol. The molecule has 2 saturated heterocycles. The molecule has 0 saturated carbocycles. The molecule has 1 spiro atoms. The number of nitrogens with one attached hydrogen (secondary N) is 1. The first-order valence-corrected chi connectivity index (χ1v) is 9.47. The van der Waals surface area contributed by atoms with Gasteiger partial charge in [-0.05, 0) is 55.9 Å². The minimum Gasteiger partial charge on any atom is -0.373 e. The Labute approximate surface area is 146 Å². The summed E-state index contributed by atoms with van der Waals surface area (Å²) >= 11 is 1.56. The molecule has 0 bridgehead atoms. The molecule has 24 heavy (non-hydrogen) atoms. The third kappa shape index (κ3) is 2.99. The molecular weight excluding hydrogens is 320 g/mol. The van der Waals surface area contributed by atoms with Crippen molar-refractivity contribution < 1.29 is 9.53 Å². The van der Waals surface area contributed by atoms with Crippen LogP contribution in [0.2, 0.25) is 0 Å². The van der Waals surface area contributed by atoms with Gasteiger partial charge < -0.3 is 15.0 Å². The van der Waals surface area contributed by atoms with Gasteiger partial charge in [0.1, 0.15) is 0 Å². The van der Waals surface area contributed by atoms with Gasteiger partial charge in [-0.3, -0.25) is 4.79 Å². The summed E-state index contributed by atoms with van der Waals surface area (Å²) in [5.74, 6) is 0.0713. The summed E-state index contributed by atoms with van der Waals surface area (Å²) in [4.78, 5) is 15.1. The molecule has 3 heterocycles. The maximum absolute atomic E-state index is 13.1. The van der Waals surface area contributed by atoms with Gasteiger partial charge in [-0.25, -0.2) is 0 Å². The van der Waals surface area contributed by atoms with Crippen molar-refractivity contribution in [2.45, 2.75) is 30.9 Å². The van der Waals surface area contributed by atoms with Crippen molar-refractivity contribution >= 4 is 22.9 Å².